The quantitative estimate of drug-likeness (QED) is 0.237. The van der Waals surface area contributed by atoms with Gasteiger partial charge in [0.15, 0.2) is 5.17 Å². The molecule has 4 rings (SSSR count). The van der Waals surface area contributed by atoms with Gasteiger partial charge in [0.05, 0.1) is 41.1 Å². The number of rotatable bonds is 8. The van der Waals surface area contributed by atoms with E-state index in [0.29, 0.717) is 33.7 Å². The first-order valence-electron chi connectivity index (χ1n) is 11.2. The zero-order valence-electron chi connectivity index (χ0n) is 20.9. The molecular formula is C26H29Cl4N3O3S. The van der Waals surface area contributed by atoms with Crippen LogP contribution in [0.15, 0.2) is 64.9 Å². The number of methoxy groups -OCH3 is 1. The highest BCUT2D eigenvalue weighted by Gasteiger charge is 2.41. The molecule has 0 aromatic heterocycles. The van der Waals surface area contributed by atoms with E-state index in [1.807, 2.05) is 62.5 Å². The van der Waals surface area contributed by atoms with E-state index >= 15 is 0 Å². The highest BCUT2D eigenvalue weighted by molar-refractivity contribution is 8.22. The summed E-state index contributed by atoms with van der Waals surface area (Å²) < 4.78 is 11.4. The average molecular weight is 605 g/mol. The Labute approximate surface area is 244 Å². The van der Waals surface area contributed by atoms with Gasteiger partial charge in [0.25, 0.3) is 0 Å². The van der Waals surface area contributed by atoms with Gasteiger partial charge in [-0.1, -0.05) is 47.5 Å². The maximum atomic E-state index is 13.4. The monoisotopic (exact) mass is 603 g/mol. The second kappa shape index (κ2) is 13.8. The van der Waals surface area contributed by atoms with Gasteiger partial charge in [-0.2, -0.15) is 0 Å². The van der Waals surface area contributed by atoms with E-state index in [-0.39, 0.29) is 30.8 Å². The number of allylic oxidation sites excluding steroid dienone is 1. The Hall–Kier alpha value is -1.87. The van der Waals surface area contributed by atoms with Crippen LogP contribution in [0, 0.1) is 0 Å². The number of carbonyl (C=O) groups is 1. The molecule has 0 amide bonds. The molecule has 0 fully saturated rings. The van der Waals surface area contributed by atoms with Gasteiger partial charge in [-0.05, 0) is 57.4 Å². The topological polar surface area (TPSA) is 54.4 Å². The predicted octanol–water partition coefficient (Wildman–Crippen LogP) is 7.07. The zero-order valence-corrected chi connectivity index (χ0v) is 24.8. The van der Waals surface area contributed by atoms with Gasteiger partial charge in [0, 0.05) is 28.8 Å². The number of halogens is 4. The van der Waals surface area contributed by atoms with Gasteiger partial charge in [-0.3, -0.25) is 0 Å². The van der Waals surface area contributed by atoms with Gasteiger partial charge >= 0.3 is 5.97 Å². The van der Waals surface area contributed by atoms with Crippen LogP contribution in [0.4, 0.5) is 0 Å². The van der Waals surface area contributed by atoms with Crippen LogP contribution < -0.4 is 4.74 Å². The molecule has 0 aliphatic carbocycles. The molecule has 1 unspecified atom stereocenters. The van der Waals surface area contributed by atoms with Crippen LogP contribution in [-0.2, 0) is 9.53 Å². The molecule has 2 aromatic carbocycles. The SMILES string of the molecule is COc1ccccc1C1C(C(=O)OCCCN(C)C)=C(C)N=C2SC(c3c(Cl)cccc3Cl)=CN21.Cl.Cl. The summed E-state index contributed by atoms with van der Waals surface area (Å²) in [7, 11) is 5.60. The van der Waals surface area contributed by atoms with Crippen molar-refractivity contribution in [1.82, 2.24) is 9.80 Å². The molecule has 0 radical (unpaired) electrons. The van der Waals surface area contributed by atoms with Gasteiger partial charge in [-0.15, -0.1) is 24.8 Å². The summed E-state index contributed by atoms with van der Waals surface area (Å²) in [5.41, 5.74) is 2.66. The van der Waals surface area contributed by atoms with Gasteiger partial charge < -0.3 is 19.3 Å². The van der Waals surface area contributed by atoms with Crippen molar-refractivity contribution < 1.29 is 14.3 Å². The minimum absolute atomic E-state index is 0. The van der Waals surface area contributed by atoms with Crippen molar-refractivity contribution in [2.45, 2.75) is 19.4 Å². The van der Waals surface area contributed by atoms with Crippen LogP contribution in [0.25, 0.3) is 4.91 Å². The maximum absolute atomic E-state index is 13.4. The summed E-state index contributed by atoms with van der Waals surface area (Å²) in [6.45, 7) is 3.00. The number of aliphatic imine (C=N–C) groups is 1. The van der Waals surface area contributed by atoms with Crippen molar-refractivity contribution in [3.05, 3.63) is 81.1 Å². The highest BCUT2D eigenvalue weighted by Crippen LogP contribution is 2.50. The third-order valence-electron chi connectivity index (χ3n) is 5.73. The van der Waals surface area contributed by atoms with E-state index in [1.165, 1.54) is 11.8 Å². The third-order valence-corrected chi connectivity index (χ3v) is 7.37. The van der Waals surface area contributed by atoms with Crippen molar-refractivity contribution in [2.24, 2.45) is 4.99 Å². The Morgan fingerprint density at radius 2 is 1.78 bits per heavy atom. The van der Waals surface area contributed by atoms with E-state index in [9.17, 15) is 4.79 Å². The summed E-state index contributed by atoms with van der Waals surface area (Å²) in [6.07, 6.45) is 2.69. The molecule has 2 heterocycles. The van der Waals surface area contributed by atoms with Crippen molar-refractivity contribution in [2.75, 3.05) is 34.4 Å². The molecule has 0 saturated heterocycles. The van der Waals surface area contributed by atoms with Crippen LogP contribution >= 0.6 is 59.8 Å². The lowest BCUT2D eigenvalue weighted by atomic mass is 9.94. The number of nitrogens with zero attached hydrogens (tertiary/aromatic N) is 3. The lowest BCUT2D eigenvalue weighted by Crippen LogP contribution is -2.34. The van der Waals surface area contributed by atoms with Gasteiger partial charge in [0.1, 0.15) is 5.75 Å². The summed E-state index contributed by atoms with van der Waals surface area (Å²) in [4.78, 5) is 23.0. The molecule has 200 valence electrons. The molecule has 0 bridgehead atoms. The molecule has 37 heavy (non-hydrogen) atoms. The van der Waals surface area contributed by atoms with Crippen LogP contribution in [0.2, 0.25) is 10.0 Å². The molecular weight excluding hydrogens is 576 g/mol. The molecule has 0 spiro atoms. The number of benzene rings is 2. The second-order valence-corrected chi connectivity index (χ2v) is 10.3. The fourth-order valence-electron chi connectivity index (χ4n) is 4.09. The Bertz CT molecular complexity index is 1210. The number of amidine groups is 1. The highest BCUT2D eigenvalue weighted by atomic mass is 35.5. The number of thioether (sulfide) groups is 1. The van der Waals surface area contributed by atoms with E-state index in [4.69, 9.17) is 37.7 Å². The number of esters is 1. The molecule has 2 aromatic rings. The molecule has 0 N–H and O–H groups in total. The number of hydrogen-bond acceptors (Lipinski definition) is 7. The third kappa shape index (κ3) is 6.77. The number of ether oxygens (including phenoxy) is 2. The van der Waals surface area contributed by atoms with Crippen molar-refractivity contribution >= 4 is 75.8 Å². The molecule has 6 nitrogen and oxygen atoms in total. The van der Waals surface area contributed by atoms with Crippen LogP contribution in [-0.4, -0.2) is 55.3 Å². The largest absolute Gasteiger partial charge is 0.496 e. The number of carbonyl (C=O) groups excluding carboxylic acids is 1. The molecule has 0 saturated carbocycles. The van der Waals surface area contributed by atoms with E-state index in [2.05, 4.69) is 4.90 Å². The van der Waals surface area contributed by atoms with E-state index < -0.39 is 6.04 Å². The Morgan fingerprint density at radius 1 is 1.11 bits per heavy atom. The van der Waals surface area contributed by atoms with Gasteiger partial charge in [0.2, 0.25) is 0 Å². The summed E-state index contributed by atoms with van der Waals surface area (Å²) in [6, 6.07) is 12.6. The summed E-state index contributed by atoms with van der Waals surface area (Å²) in [5.74, 6) is 0.287. The molecule has 1 atom stereocenters. The van der Waals surface area contributed by atoms with Crippen molar-refractivity contribution in [1.29, 1.82) is 0 Å². The Kier molecular flexibility index (Phi) is 11.7. The number of fused-ring (bicyclic) bond motifs is 1. The number of hydrogen-bond donors (Lipinski definition) is 0. The van der Waals surface area contributed by atoms with E-state index in [1.54, 1.807) is 19.2 Å². The van der Waals surface area contributed by atoms with Crippen LogP contribution in [0.1, 0.15) is 30.5 Å². The van der Waals surface area contributed by atoms with Crippen LogP contribution in [0.3, 0.4) is 0 Å². The maximum Gasteiger partial charge on any atom is 0.338 e. The minimum atomic E-state index is -0.480. The lowest BCUT2D eigenvalue weighted by Gasteiger charge is -2.34. The Balaban J connectivity index is 0.00000241. The second-order valence-electron chi connectivity index (χ2n) is 8.43. The number of para-hydroxylation sites is 1. The zero-order chi connectivity index (χ0) is 25.1. The first-order chi connectivity index (χ1) is 16.8. The lowest BCUT2D eigenvalue weighted by molar-refractivity contribution is -0.139. The van der Waals surface area contributed by atoms with Crippen molar-refractivity contribution in [3.8, 4) is 5.75 Å². The normalized spacial score (nSPS) is 16.4. The standard InChI is InChI=1S/C26H27Cl2N3O3S.2ClH/c1-16-22(25(32)34-14-8-13-30(2)3)24(17-9-5-6-12-20(17)33-4)31-15-21(35-26(31)29-16)23-18(27)10-7-11-19(23)28;;/h5-7,9-12,15,24H,8,13-14H2,1-4H3;2*1H. The first kappa shape index (κ1) is 31.3. The smallest absolute Gasteiger partial charge is 0.338 e. The van der Waals surface area contributed by atoms with Crippen LogP contribution in [0.5, 0.6) is 5.75 Å². The summed E-state index contributed by atoms with van der Waals surface area (Å²) in [5, 5.41) is 1.83. The summed E-state index contributed by atoms with van der Waals surface area (Å²) >= 11 is 14.5. The molecule has 2 aliphatic rings. The average Bonchev–Trinajstić information content (AvgIpc) is 3.23. The van der Waals surface area contributed by atoms with E-state index in [0.717, 1.165) is 34.2 Å². The minimum Gasteiger partial charge on any atom is -0.496 e. The molecule has 2 aliphatic heterocycles. The first-order valence-corrected chi connectivity index (χ1v) is 12.8. The molecule has 11 heteroatoms. The van der Waals surface area contributed by atoms with Gasteiger partial charge in [-0.25, -0.2) is 9.79 Å². The fraction of sp³-hybridized carbons (Fsp3) is 0.308. The predicted molar refractivity (Wildman–Crippen MR) is 158 cm³/mol. The van der Waals surface area contributed by atoms with Crippen molar-refractivity contribution in [3.63, 3.8) is 0 Å². The fourth-order valence-corrected chi connectivity index (χ4v) is 5.94. The Morgan fingerprint density at radius 3 is 2.43 bits per heavy atom.